The van der Waals surface area contributed by atoms with Crippen LogP contribution in [0.1, 0.15) is 39.2 Å². The van der Waals surface area contributed by atoms with E-state index in [0.29, 0.717) is 17.9 Å². The summed E-state index contributed by atoms with van der Waals surface area (Å²) >= 11 is 0. The van der Waals surface area contributed by atoms with Crippen molar-refractivity contribution < 1.29 is 22.7 Å². The largest absolute Gasteiger partial charge is 0.497 e. The molecule has 34 heavy (non-hydrogen) atoms. The van der Waals surface area contributed by atoms with E-state index in [1.165, 1.54) is 4.90 Å². The van der Waals surface area contributed by atoms with Gasteiger partial charge in [-0.3, -0.25) is 13.9 Å². The van der Waals surface area contributed by atoms with E-state index in [0.717, 1.165) is 22.5 Å². The molecule has 0 aliphatic heterocycles. The van der Waals surface area contributed by atoms with Gasteiger partial charge in [0.2, 0.25) is 21.8 Å². The van der Waals surface area contributed by atoms with Crippen molar-refractivity contribution in [2.24, 2.45) is 0 Å². The number of methoxy groups -OCH3 is 1. The maximum absolute atomic E-state index is 13.6. The molecule has 9 heteroatoms. The zero-order valence-corrected chi connectivity index (χ0v) is 21.3. The number of hydrogen-bond acceptors (Lipinski definition) is 5. The fourth-order valence-corrected chi connectivity index (χ4v) is 4.39. The van der Waals surface area contributed by atoms with Gasteiger partial charge in [-0.05, 0) is 49.6 Å². The van der Waals surface area contributed by atoms with Crippen molar-refractivity contribution >= 4 is 27.5 Å². The Bertz CT molecular complexity index is 1060. The normalized spacial score (nSPS) is 13.0. The van der Waals surface area contributed by atoms with Gasteiger partial charge in [-0.1, -0.05) is 44.2 Å². The number of nitrogens with one attached hydrogen (secondary N) is 1. The van der Waals surface area contributed by atoms with Crippen LogP contribution >= 0.6 is 0 Å². The highest BCUT2D eigenvalue weighted by atomic mass is 32.2. The maximum atomic E-state index is 13.6. The summed E-state index contributed by atoms with van der Waals surface area (Å²) in [4.78, 5) is 28.1. The molecule has 1 N–H and O–H groups in total. The number of para-hydroxylation sites is 1. The summed E-state index contributed by atoms with van der Waals surface area (Å²) < 4.78 is 31.5. The molecule has 2 aromatic rings. The second-order valence-corrected chi connectivity index (χ2v) is 10.1. The number of carbonyl (C=O) groups is 2. The molecule has 0 spiro atoms. The van der Waals surface area contributed by atoms with Crippen molar-refractivity contribution in [3.05, 3.63) is 60.2 Å². The van der Waals surface area contributed by atoms with Crippen LogP contribution in [0.5, 0.6) is 5.75 Å². The summed E-state index contributed by atoms with van der Waals surface area (Å²) in [6.07, 6.45) is 2.19. The number of ether oxygens (including phenoxy) is 1. The Hall–Kier alpha value is -3.07. The van der Waals surface area contributed by atoms with E-state index in [1.807, 2.05) is 32.9 Å². The number of sulfonamides is 1. The minimum atomic E-state index is -3.74. The van der Waals surface area contributed by atoms with Crippen molar-refractivity contribution in [1.82, 2.24) is 10.2 Å². The summed E-state index contributed by atoms with van der Waals surface area (Å²) in [5, 5.41) is 2.95. The molecule has 186 valence electrons. The molecular formula is C25H35N3O5S. The molecule has 2 atom stereocenters. The molecule has 0 saturated heterocycles. The Labute approximate surface area is 202 Å². The van der Waals surface area contributed by atoms with Gasteiger partial charge in [0.15, 0.2) is 0 Å². The van der Waals surface area contributed by atoms with Crippen molar-refractivity contribution in [2.75, 3.05) is 24.2 Å². The molecule has 0 fully saturated rings. The summed E-state index contributed by atoms with van der Waals surface area (Å²) in [5.74, 6) is -0.106. The number of benzene rings is 2. The SMILES string of the molecule is CCC(C)NC(=O)C(CC)N(Cc1cccc(OC)c1)C(=O)CN(c1ccccc1)S(C)(=O)=O. The molecular weight excluding hydrogens is 454 g/mol. The number of nitrogens with zero attached hydrogens (tertiary/aromatic N) is 2. The summed E-state index contributed by atoms with van der Waals surface area (Å²) in [6.45, 7) is 5.42. The molecule has 2 amide bonds. The smallest absolute Gasteiger partial charge is 0.244 e. The van der Waals surface area contributed by atoms with Gasteiger partial charge in [0.05, 0.1) is 19.1 Å². The molecule has 0 aromatic heterocycles. The Balaban J connectivity index is 2.43. The predicted molar refractivity (Wildman–Crippen MR) is 134 cm³/mol. The van der Waals surface area contributed by atoms with Crippen molar-refractivity contribution in [2.45, 2.75) is 52.2 Å². The van der Waals surface area contributed by atoms with Crippen molar-refractivity contribution in [3.8, 4) is 5.75 Å². The number of amides is 2. The Morgan fingerprint density at radius 3 is 2.26 bits per heavy atom. The lowest BCUT2D eigenvalue weighted by Gasteiger charge is -2.33. The lowest BCUT2D eigenvalue weighted by molar-refractivity contribution is -0.140. The minimum absolute atomic E-state index is 0.0489. The highest BCUT2D eigenvalue weighted by Gasteiger charge is 2.32. The third-order valence-corrected chi connectivity index (χ3v) is 6.74. The zero-order valence-electron chi connectivity index (χ0n) is 20.5. The maximum Gasteiger partial charge on any atom is 0.244 e. The van der Waals surface area contributed by atoms with E-state index in [2.05, 4.69) is 5.32 Å². The van der Waals surface area contributed by atoms with Crippen LogP contribution < -0.4 is 14.4 Å². The fourth-order valence-electron chi connectivity index (χ4n) is 3.54. The van der Waals surface area contributed by atoms with E-state index >= 15 is 0 Å². The average Bonchev–Trinajstić information content (AvgIpc) is 2.82. The average molecular weight is 490 g/mol. The first-order chi connectivity index (χ1) is 16.1. The lowest BCUT2D eigenvalue weighted by Crippen LogP contribution is -2.53. The second-order valence-electron chi connectivity index (χ2n) is 8.22. The third kappa shape index (κ3) is 7.48. The van der Waals surface area contributed by atoms with Gasteiger partial charge in [0, 0.05) is 12.6 Å². The first kappa shape index (κ1) is 27.2. The molecule has 8 nitrogen and oxygen atoms in total. The summed E-state index contributed by atoms with van der Waals surface area (Å²) in [5.41, 5.74) is 1.16. The van der Waals surface area contributed by atoms with Crippen LogP contribution in [0.3, 0.4) is 0 Å². The minimum Gasteiger partial charge on any atom is -0.497 e. The number of carbonyl (C=O) groups excluding carboxylic acids is 2. The molecule has 2 unspecified atom stereocenters. The fraction of sp³-hybridized carbons (Fsp3) is 0.440. The highest BCUT2D eigenvalue weighted by Crippen LogP contribution is 2.21. The van der Waals surface area contributed by atoms with Gasteiger partial charge >= 0.3 is 0 Å². The van der Waals surface area contributed by atoms with Crippen LogP contribution in [-0.2, 0) is 26.2 Å². The van der Waals surface area contributed by atoms with Crippen LogP contribution in [0.4, 0.5) is 5.69 Å². The van der Waals surface area contributed by atoms with Gasteiger partial charge in [-0.15, -0.1) is 0 Å². The molecule has 2 aromatic carbocycles. The van der Waals surface area contributed by atoms with Crippen LogP contribution in [0.25, 0.3) is 0 Å². The quantitative estimate of drug-likeness (QED) is 0.494. The van der Waals surface area contributed by atoms with Gasteiger partial charge in [0.25, 0.3) is 0 Å². The third-order valence-electron chi connectivity index (χ3n) is 5.60. The van der Waals surface area contributed by atoms with E-state index in [9.17, 15) is 18.0 Å². The van der Waals surface area contributed by atoms with E-state index in [1.54, 1.807) is 49.6 Å². The lowest BCUT2D eigenvalue weighted by atomic mass is 10.1. The van der Waals surface area contributed by atoms with Crippen LogP contribution in [0.15, 0.2) is 54.6 Å². The van der Waals surface area contributed by atoms with Crippen LogP contribution in [-0.4, -0.2) is 57.1 Å². The topological polar surface area (TPSA) is 96.0 Å². The van der Waals surface area contributed by atoms with Gasteiger partial charge in [-0.25, -0.2) is 8.42 Å². The van der Waals surface area contributed by atoms with E-state index in [-0.39, 0.29) is 18.5 Å². The van der Waals surface area contributed by atoms with Gasteiger partial charge in [-0.2, -0.15) is 0 Å². The molecule has 0 heterocycles. The van der Waals surface area contributed by atoms with Crippen LogP contribution in [0.2, 0.25) is 0 Å². The Kier molecular flexibility index (Phi) is 9.92. The molecule has 0 bridgehead atoms. The second kappa shape index (κ2) is 12.4. The Morgan fingerprint density at radius 2 is 1.71 bits per heavy atom. The van der Waals surface area contributed by atoms with Gasteiger partial charge in [0.1, 0.15) is 18.3 Å². The number of hydrogen-bond donors (Lipinski definition) is 1. The first-order valence-electron chi connectivity index (χ1n) is 11.4. The van der Waals surface area contributed by atoms with Crippen molar-refractivity contribution in [1.29, 1.82) is 0 Å². The Morgan fingerprint density at radius 1 is 1.03 bits per heavy atom. The monoisotopic (exact) mass is 489 g/mol. The number of anilines is 1. The predicted octanol–water partition coefficient (Wildman–Crippen LogP) is 3.18. The van der Waals surface area contributed by atoms with Crippen LogP contribution in [0, 0.1) is 0 Å². The van der Waals surface area contributed by atoms with E-state index < -0.39 is 28.5 Å². The molecule has 0 saturated carbocycles. The summed E-state index contributed by atoms with van der Waals surface area (Å²) in [7, 11) is -2.18. The van der Waals surface area contributed by atoms with Gasteiger partial charge < -0.3 is 15.0 Å². The zero-order chi connectivity index (χ0) is 25.3. The molecule has 0 aliphatic rings. The summed E-state index contributed by atoms with van der Waals surface area (Å²) in [6, 6.07) is 14.9. The number of rotatable bonds is 12. The van der Waals surface area contributed by atoms with Crippen molar-refractivity contribution in [3.63, 3.8) is 0 Å². The first-order valence-corrected chi connectivity index (χ1v) is 13.2. The molecule has 0 aliphatic carbocycles. The molecule has 2 rings (SSSR count). The highest BCUT2D eigenvalue weighted by molar-refractivity contribution is 7.92. The van der Waals surface area contributed by atoms with E-state index in [4.69, 9.17) is 4.74 Å². The standard InChI is InChI=1S/C25H35N3O5S/c1-6-19(3)26-25(30)23(7-2)27(17-20-12-11-15-22(16-20)33-4)24(29)18-28(34(5,31)32)21-13-9-8-10-14-21/h8-16,19,23H,6-7,17-18H2,1-5H3,(H,26,30). The molecule has 0 radical (unpaired) electrons.